The minimum atomic E-state index is -1.27. The molecule has 0 aliphatic carbocycles. The number of carboxylic acids is 2. The Kier molecular flexibility index (Phi) is 7.93. The monoisotopic (exact) mass is 567 g/mol. The number of aryl methyl sites for hydroxylation is 1. The van der Waals surface area contributed by atoms with E-state index < -0.39 is 23.5 Å². The second kappa shape index (κ2) is 11.3. The number of nitrogens with one attached hydrogen (secondary N) is 2. The third-order valence-corrected chi connectivity index (χ3v) is 6.11. The second-order valence-electron chi connectivity index (χ2n) is 8.11. The van der Waals surface area contributed by atoms with E-state index in [1.807, 2.05) is 0 Å². The van der Waals surface area contributed by atoms with E-state index in [1.54, 1.807) is 31.2 Å². The number of pyridine rings is 1. The van der Waals surface area contributed by atoms with E-state index in [2.05, 4.69) is 20.7 Å². The highest BCUT2D eigenvalue weighted by molar-refractivity contribution is 6.39. The summed E-state index contributed by atoms with van der Waals surface area (Å²) in [6.45, 7) is 1.91. The molecule has 0 aliphatic heterocycles. The van der Waals surface area contributed by atoms with E-state index in [0.717, 1.165) is 10.7 Å². The lowest BCUT2D eigenvalue weighted by Gasteiger charge is -2.13. The zero-order valence-electron chi connectivity index (χ0n) is 20.1. The summed E-state index contributed by atoms with van der Waals surface area (Å²) in [6, 6.07) is 11.1. The molecule has 0 unspecified atom stereocenters. The molecule has 2 aromatic carbocycles. The van der Waals surface area contributed by atoms with Crippen molar-refractivity contribution in [1.29, 1.82) is 0 Å². The molecule has 0 bridgehead atoms. The molecule has 0 spiro atoms. The number of aromatic nitrogens is 3. The van der Waals surface area contributed by atoms with Crippen LogP contribution in [0.1, 0.15) is 27.6 Å². The van der Waals surface area contributed by atoms with Gasteiger partial charge in [0.25, 0.3) is 5.56 Å². The molecule has 0 atom stereocenters. The van der Waals surface area contributed by atoms with Crippen molar-refractivity contribution in [3.05, 3.63) is 92.5 Å². The quantitative estimate of drug-likeness (QED) is 0.232. The van der Waals surface area contributed by atoms with Gasteiger partial charge in [0.1, 0.15) is 5.69 Å². The molecule has 4 aromatic rings. The van der Waals surface area contributed by atoms with Crippen molar-refractivity contribution in [3.8, 4) is 22.4 Å². The van der Waals surface area contributed by atoms with Gasteiger partial charge in [-0.2, -0.15) is 5.10 Å². The number of hydrogen-bond acceptors (Lipinski definition) is 6. The molecular formula is C26H19Cl2N5O6. The van der Waals surface area contributed by atoms with Crippen LogP contribution in [0.3, 0.4) is 0 Å². The highest BCUT2D eigenvalue weighted by Crippen LogP contribution is 2.30. The summed E-state index contributed by atoms with van der Waals surface area (Å²) >= 11 is 12.1. The van der Waals surface area contributed by atoms with E-state index in [1.165, 1.54) is 30.6 Å². The number of benzene rings is 2. The Labute approximate surface area is 230 Å². The van der Waals surface area contributed by atoms with Gasteiger partial charge in [-0.05, 0) is 48.4 Å². The summed E-state index contributed by atoms with van der Waals surface area (Å²) in [5, 5.41) is 28.4. The topological polar surface area (TPSA) is 164 Å². The second-order valence-corrected chi connectivity index (χ2v) is 8.93. The molecule has 11 nitrogen and oxygen atoms in total. The third kappa shape index (κ3) is 6.06. The predicted octanol–water partition coefficient (Wildman–Crippen LogP) is 5.34. The number of rotatable bonds is 7. The lowest BCUT2D eigenvalue weighted by atomic mass is 9.97. The van der Waals surface area contributed by atoms with Crippen LogP contribution in [-0.2, 0) is 6.54 Å². The number of amides is 2. The maximum Gasteiger partial charge on any atom is 0.335 e. The fourth-order valence-corrected chi connectivity index (χ4v) is 4.14. The summed E-state index contributed by atoms with van der Waals surface area (Å²) in [5.74, 6) is -2.54. The standard InChI is InChI=1S/C26H19Cl2N5O6/c1-2-33-23(34)21(30-26(39)31-22-18(27)11-29-12-19(22)28)10-20(32-33)14-5-3-4-13(6-14)15-7-16(24(35)36)9-17(8-15)25(37)38/h3-12H,2H2,1H3,(H,35,36)(H,37,38)(H2,29,30,31,39). The Morgan fingerprint density at radius 3 is 2.08 bits per heavy atom. The highest BCUT2D eigenvalue weighted by atomic mass is 35.5. The molecule has 0 fully saturated rings. The number of anilines is 2. The minimum Gasteiger partial charge on any atom is -0.478 e. The molecular weight excluding hydrogens is 549 g/mol. The Bertz CT molecular complexity index is 1640. The average molecular weight is 568 g/mol. The van der Waals surface area contributed by atoms with Crippen LogP contribution in [0, 0.1) is 0 Å². The summed E-state index contributed by atoms with van der Waals surface area (Å²) in [5.41, 5.74) is 0.849. The van der Waals surface area contributed by atoms with Gasteiger partial charge in [-0.15, -0.1) is 0 Å². The van der Waals surface area contributed by atoms with Gasteiger partial charge >= 0.3 is 18.0 Å². The van der Waals surface area contributed by atoms with Crippen LogP contribution < -0.4 is 16.2 Å². The molecule has 0 saturated carbocycles. The first-order chi connectivity index (χ1) is 18.6. The Hall–Kier alpha value is -4.74. The van der Waals surface area contributed by atoms with Crippen molar-refractivity contribution >= 4 is 52.5 Å². The number of nitrogens with zero attached hydrogens (tertiary/aromatic N) is 3. The maximum atomic E-state index is 12.9. The van der Waals surface area contributed by atoms with E-state index in [0.29, 0.717) is 22.4 Å². The van der Waals surface area contributed by atoms with Gasteiger partial charge in [0, 0.05) is 24.5 Å². The summed E-state index contributed by atoms with van der Waals surface area (Å²) in [6.07, 6.45) is 2.60. The van der Waals surface area contributed by atoms with Gasteiger partial charge in [-0.1, -0.05) is 41.4 Å². The van der Waals surface area contributed by atoms with Gasteiger partial charge < -0.3 is 20.8 Å². The number of hydrogen-bond donors (Lipinski definition) is 4. The Morgan fingerprint density at radius 1 is 0.872 bits per heavy atom. The molecule has 4 N–H and O–H groups in total. The van der Waals surface area contributed by atoms with Crippen LogP contribution in [0.2, 0.25) is 10.0 Å². The summed E-state index contributed by atoms with van der Waals surface area (Å²) in [7, 11) is 0. The van der Waals surface area contributed by atoms with Gasteiger partial charge in [0.2, 0.25) is 0 Å². The van der Waals surface area contributed by atoms with Crippen LogP contribution in [-0.4, -0.2) is 42.9 Å². The zero-order valence-corrected chi connectivity index (χ0v) is 21.6. The van der Waals surface area contributed by atoms with Crippen molar-refractivity contribution in [2.75, 3.05) is 10.6 Å². The number of carboxylic acid groups (broad SMARTS) is 2. The highest BCUT2D eigenvalue weighted by Gasteiger charge is 2.16. The molecule has 198 valence electrons. The van der Waals surface area contributed by atoms with E-state index in [4.69, 9.17) is 23.2 Å². The molecule has 0 saturated heterocycles. The van der Waals surface area contributed by atoms with E-state index in [9.17, 15) is 29.4 Å². The molecule has 0 radical (unpaired) electrons. The number of halogens is 2. The van der Waals surface area contributed by atoms with Crippen LogP contribution in [0.5, 0.6) is 0 Å². The molecule has 2 heterocycles. The predicted molar refractivity (Wildman–Crippen MR) is 146 cm³/mol. The number of aromatic carboxylic acids is 2. The average Bonchev–Trinajstić information content (AvgIpc) is 2.91. The minimum absolute atomic E-state index is 0.0768. The molecule has 2 amide bonds. The lowest BCUT2D eigenvalue weighted by Crippen LogP contribution is -2.29. The lowest BCUT2D eigenvalue weighted by molar-refractivity contribution is 0.0696. The normalized spacial score (nSPS) is 10.6. The SMILES string of the molecule is CCn1nc(-c2cccc(-c3cc(C(=O)O)cc(C(=O)O)c3)c2)cc(NC(=O)Nc2c(Cl)cncc2Cl)c1=O. The van der Waals surface area contributed by atoms with Crippen molar-refractivity contribution in [2.24, 2.45) is 0 Å². The number of carbonyl (C=O) groups excluding carboxylic acids is 1. The first kappa shape index (κ1) is 27.3. The van der Waals surface area contributed by atoms with Crippen LogP contribution in [0.15, 0.2) is 65.7 Å². The number of urea groups is 1. The van der Waals surface area contributed by atoms with Gasteiger partial charge in [0.15, 0.2) is 0 Å². The molecule has 2 aromatic heterocycles. The van der Waals surface area contributed by atoms with Gasteiger partial charge in [-0.25, -0.2) is 19.1 Å². The van der Waals surface area contributed by atoms with Crippen LogP contribution >= 0.6 is 23.2 Å². The summed E-state index contributed by atoms with van der Waals surface area (Å²) < 4.78 is 1.16. The largest absolute Gasteiger partial charge is 0.478 e. The van der Waals surface area contributed by atoms with E-state index >= 15 is 0 Å². The maximum absolute atomic E-state index is 12.9. The van der Waals surface area contributed by atoms with Crippen molar-refractivity contribution in [2.45, 2.75) is 13.5 Å². The fraction of sp³-hybridized carbons (Fsp3) is 0.0769. The summed E-state index contributed by atoms with van der Waals surface area (Å²) in [4.78, 5) is 52.4. The first-order valence-electron chi connectivity index (χ1n) is 11.3. The third-order valence-electron chi connectivity index (χ3n) is 5.53. The van der Waals surface area contributed by atoms with Gasteiger partial charge in [0.05, 0.1) is 32.6 Å². The molecule has 39 heavy (non-hydrogen) atoms. The fourth-order valence-electron chi connectivity index (χ4n) is 3.68. The zero-order chi connectivity index (χ0) is 28.3. The molecule has 4 rings (SSSR count). The van der Waals surface area contributed by atoms with Crippen molar-refractivity contribution < 1.29 is 24.6 Å². The molecule has 0 aliphatic rings. The first-order valence-corrected chi connectivity index (χ1v) is 12.0. The van der Waals surface area contributed by atoms with Crippen LogP contribution in [0.4, 0.5) is 16.2 Å². The Balaban J connectivity index is 1.72. The van der Waals surface area contributed by atoms with Crippen molar-refractivity contribution in [3.63, 3.8) is 0 Å². The molecule has 13 heteroatoms. The van der Waals surface area contributed by atoms with Crippen LogP contribution in [0.25, 0.3) is 22.4 Å². The number of carbonyl (C=O) groups is 3. The van der Waals surface area contributed by atoms with E-state index in [-0.39, 0.29) is 39.1 Å². The Morgan fingerprint density at radius 2 is 1.49 bits per heavy atom. The smallest absolute Gasteiger partial charge is 0.335 e. The van der Waals surface area contributed by atoms with Gasteiger partial charge in [-0.3, -0.25) is 9.78 Å². The van der Waals surface area contributed by atoms with Crippen molar-refractivity contribution in [1.82, 2.24) is 14.8 Å².